The standard InChI is InChI=1S/C13H16O2/c1-8-6-13-5-3-2-4-10(13)12(15)11(14)9(8)7-13/h3,5,9-10,12,15H,1-2,4,6-7H2/t9-,10-,12+,13-/m1/s1. The summed E-state index contributed by atoms with van der Waals surface area (Å²) in [6.07, 6.45) is 7.44. The molecular weight excluding hydrogens is 188 g/mol. The third-order valence-corrected chi connectivity index (χ3v) is 4.48. The van der Waals surface area contributed by atoms with Gasteiger partial charge in [-0.1, -0.05) is 24.3 Å². The van der Waals surface area contributed by atoms with Crippen molar-refractivity contribution in [3.63, 3.8) is 0 Å². The fraction of sp³-hybridized carbons (Fsp3) is 0.615. The summed E-state index contributed by atoms with van der Waals surface area (Å²) in [5.74, 6) is 0.0953. The van der Waals surface area contributed by atoms with Gasteiger partial charge in [0.1, 0.15) is 6.10 Å². The lowest BCUT2D eigenvalue weighted by Crippen LogP contribution is -2.46. The molecule has 2 nitrogen and oxygen atoms in total. The largest absolute Gasteiger partial charge is 0.385 e. The molecule has 0 aromatic heterocycles. The summed E-state index contributed by atoms with van der Waals surface area (Å²) < 4.78 is 0. The fourth-order valence-electron chi connectivity index (χ4n) is 3.74. The summed E-state index contributed by atoms with van der Waals surface area (Å²) in [6.45, 7) is 4.00. The summed E-state index contributed by atoms with van der Waals surface area (Å²) >= 11 is 0. The molecule has 0 unspecified atom stereocenters. The minimum Gasteiger partial charge on any atom is -0.385 e. The second kappa shape index (κ2) is 2.82. The van der Waals surface area contributed by atoms with Gasteiger partial charge >= 0.3 is 0 Å². The molecule has 3 aliphatic carbocycles. The van der Waals surface area contributed by atoms with Crippen LogP contribution in [-0.2, 0) is 4.79 Å². The van der Waals surface area contributed by atoms with Crippen LogP contribution in [-0.4, -0.2) is 17.0 Å². The van der Waals surface area contributed by atoms with Gasteiger partial charge in [0.05, 0.1) is 0 Å². The number of aliphatic hydroxyl groups excluding tert-OH is 1. The predicted octanol–water partition coefficient (Wildman–Crippen LogP) is 1.85. The molecule has 1 spiro atoms. The zero-order valence-electron chi connectivity index (χ0n) is 8.78. The number of aliphatic hydroxyl groups is 1. The first-order valence-corrected chi connectivity index (χ1v) is 5.71. The van der Waals surface area contributed by atoms with Crippen LogP contribution in [0.25, 0.3) is 0 Å². The van der Waals surface area contributed by atoms with Crippen molar-refractivity contribution < 1.29 is 9.90 Å². The Morgan fingerprint density at radius 2 is 2.33 bits per heavy atom. The Balaban J connectivity index is 2.09. The van der Waals surface area contributed by atoms with Gasteiger partial charge in [-0.3, -0.25) is 4.79 Å². The van der Waals surface area contributed by atoms with Crippen LogP contribution < -0.4 is 0 Å². The third-order valence-electron chi connectivity index (χ3n) is 4.48. The minimum absolute atomic E-state index is 0.0217. The number of carbonyl (C=O) groups excluding carboxylic acids is 1. The highest BCUT2D eigenvalue weighted by atomic mass is 16.3. The van der Waals surface area contributed by atoms with Crippen molar-refractivity contribution >= 4 is 5.78 Å². The highest BCUT2D eigenvalue weighted by molar-refractivity contribution is 5.90. The van der Waals surface area contributed by atoms with Gasteiger partial charge in [-0.15, -0.1) is 0 Å². The quantitative estimate of drug-likeness (QED) is 0.611. The Morgan fingerprint density at radius 1 is 1.53 bits per heavy atom. The Bertz CT molecular complexity index is 369. The van der Waals surface area contributed by atoms with Crippen LogP contribution >= 0.6 is 0 Å². The molecule has 4 atom stereocenters. The number of hydrogen-bond acceptors (Lipinski definition) is 2. The second-order valence-corrected chi connectivity index (χ2v) is 5.26. The number of fused-ring (bicyclic) bond motifs is 1. The minimum atomic E-state index is -0.743. The molecule has 0 amide bonds. The van der Waals surface area contributed by atoms with Gasteiger partial charge < -0.3 is 5.11 Å². The van der Waals surface area contributed by atoms with E-state index in [1.165, 1.54) is 0 Å². The Labute approximate surface area is 89.7 Å². The zero-order valence-corrected chi connectivity index (χ0v) is 8.78. The molecular formula is C13H16O2. The van der Waals surface area contributed by atoms with E-state index < -0.39 is 6.10 Å². The molecule has 3 rings (SSSR count). The van der Waals surface area contributed by atoms with Crippen LogP contribution in [0.3, 0.4) is 0 Å². The molecule has 1 N–H and O–H groups in total. The van der Waals surface area contributed by atoms with Crippen LogP contribution in [0, 0.1) is 17.3 Å². The molecule has 15 heavy (non-hydrogen) atoms. The fourth-order valence-corrected chi connectivity index (χ4v) is 3.74. The SMILES string of the molecule is C=C1C[C@@]23C=CCC[C@@H]2[C@H](O)C(=O)[C@@H]1C3. The van der Waals surface area contributed by atoms with Crippen LogP contribution in [0.2, 0.25) is 0 Å². The number of carbonyl (C=O) groups is 1. The van der Waals surface area contributed by atoms with Gasteiger partial charge in [-0.05, 0) is 31.1 Å². The van der Waals surface area contributed by atoms with E-state index >= 15 is 0 Å². The van der Waals surface area contributed by atoms with Gasteiger partial charge in [-0.25, -0.2) is 0 Å². The lowest BCUT2D eigenvalue weighted by molar-refractivity contribution is -0.139. The van der Waals surface area contributed by atoms with Gasteiger partial charge in [0, 0.05) is 11.8 Å². The highest BCUT2D eigenvalue weighted by Crippen LogP contribution is 2.58. The van der Waals surface area contributed by atoms with E-state index in [-0.39, 0.29) is 23.0 Å². The maximum absolute atomic E-state index is 11.9. The Hall–Kier alpha value is -0.890. The van der Waals surface area contributed by atoms with E-state index in [4.69, 9.17) is 0 Å². The smallest absolute Gasteiger partial charge is 0.168 e. The maximum Gasteiger partial charge on any atom is 0.168 e. The summed E-state index contributed by atoms with van der Waals surface area (Å²) in [7, 11) is 0. The molecule has 2 fully saturated rings. The normalized spacial score (nSPS) is 48.2. The lowest BCUT2D eigenvalue weighted by atomic mass is 9.62. The lowest BCUT2D eigenvalue weighted by Gasteiger charge is -2.43. The van der Waals surface area contributed by atoms with Crippen molar-refractivity contribution in [1.29, 1.82) is 0 Å². The average molecular weight is 204 g/mol. The molecule has 2 heteroatoms. The first-order chi connectivity index (χ1) is 7.14. The number of hydrogen-bond donors (Lipinski definition) is 1. The highest BCUT2D eigenvalue weighted by Gasteiger charge is 2.56. The van der Waals surface area contributed by atoms with Crippen molar-refractivity contribution in [2.75, 3.05) is 0 Å². The molecule has 0 radical (unpaired) electrons. The van der Waals surface area contributed by atoms with E-state index in [1.807, 2.05) is 0 Å². The molecule has 2 saturated carbocycles. The summed E-state index contributed by atoms with van der Waals surface area (Å²) in [5, 5.41) is 10.0. The van der Waals surface area contributed by atoms with Gasteiger partial charge in [0.2, 0.25) is 0 Å². The van der Waals surface area contributed by atoms with E-state index in [0.29, 0.717) is 0 Å². The first kappa shape index (κ1) is 9.34. The number of Topliss-reactive ketones (excluding diaryl/α,β-unsaturated/α-hetero) is 1. The number of allylic oxidation sites excluding steroid dienone is 3. The number of rotatable bonds is 0. The zero-order chi connectivity index (χ0) is 10.6. The van der Waals surface area contributed by atoms with Crippen molar-refractivity contribution in [1.82, 2.24) is 0 Å². The third kappa shape index (κ3) is 1.06. The van der Waals surface area contributed by atoms with E-state index in [0.717, 1.165) is 31.3 Å². The molecule has 2 bridgehead atoms. The van der Waals surface area contributed by atoms with Gasteiger partial charge in [-0.2, -0.15) is 0 Å². The van der Waals surface area contributed by atoms with E-state index in [9.17, 15) is 9.90 Å². The van der Waals surface area contributed by atoms with Crippen LogP contribution in [0.1, 0.15) is 25.7 Å². The summed E-state index contributed by atoms with van der Waals surface area (Å²) in [5.41, 5.74) is 1.10. The van der Waals surface area contributed by atoms with Crippen molar-refractivity contribution in [3.8, 4) is 0 Å². The van der Waals surface area contributed by atoms with Crippen LogP contribution in [0.5, 0.6) is 0 Å². The van der Waals surface area contributed by atoms with Crippen LogP contribution in [0.15, 0.2) is 24.3 Å². The molecule has 0 aliphatic heterocycles. The topological polar surface area (TPSA) is 37.3 Å². The Kier molecular flexibility index (Phi) is 1.76. The molecule has 0 heterocycles. The molecule has 80 valence electrons. The monoisotopic (exact) mass is 204 g/mol. The van der Waals surface area contributed by atoms with Crippen molar-refractivity contribution in [2.45, 2.75) is 31.8 Å². The predicted molar refractivity (Wildman–Crippen MR) is 57.2 cm³/mol. The molecule has 0 saturated heterocycles. The second-order valence-electron chi connectivity index (χ2n) is 5.26. The molecule has 0 aromatic rings. The Morgan fingerprint density at radius 3 is 3.13 bits per heavy atom. The van der Waals surface area contributed by atoms with Crippen molar-refractivity contribution in [2.24, 2.45) is 17.3 Å². The summed E-state index contributed by atoms with van der Waals surface area (Å²) in [6, 6.07) is 0. The molecule has 3 aliphatic rings. The maximum atomic E-state index is 11.9. The average Bonchev–Trinajstić information content (AvgIpc) is 2.51. The van der Waals surface area contributed by atoms with E-state index in [2.05, 4.69) is 18.7 Å². The summed E-state index contributed by atoms with van der Waals surface area (Å²) in [4.78, 5) is 11.9. The van der Waals surface area contributed by atoms with Crippen LogP contribution in [0.4, 0.5) is 0 Å². The van der Waals surface area contributed by atoms with Gasteiger partial charge in [0.15, 0.2) is 5.78 Å². The molecule has 0 aromatic carbocycles. The number of ketones is 1. The van der Waals surface area contributed by atoms with Gasteiger partial charge in [0.25, 0.3) is 0 Å². The van der Waals surface area contributed by atoms with E-state index in [1.54, 1.807) is 0 Å². The first-order valence-electron chi connectivity index (χ1n) is 5.71. The van der Waals surface area contributed by atoms with Crippen molar-refractivity contribution in [3.05, 3.63) is 24.3 Å².